The molecule has 1 fully saturated rings. The third-order valence-electron chi connectivity index (χ3n) is 5.33. The molecule has 0 spiro atoms. The van der Waals surface area contributed by atoms with Gasteiger partial charge in [0, 0.05) is 48.2 Å². The maximum atomic E-state index is 10.9. The first-order valence-electron chi connectivity index (χ1n) is 8.80. The minimum absolute atomic E-state index is 0.00329. The normalized spacial score (nSPS) is 24.6. The van der Waals surface area contributed by atoms with Gasteiger partial charge < -0.3 is 10.5 Å². The first-order valence-corrected chi connectivity index (χ1v) is 8.80. The number of rotatable bonds is 4. The molecule has 1 saturated heterocycles. The van der Waals surface area contributed by atoms with Crippen LogP contribution in [0, 0.1) is 32.1 Å². The first kappa shape index (κ1) is 19.4. The highest BCUT2D eigenvalue weighted by molar-refractivity contribution is 5.90. The number of oxime groups is 1. The summed E-state index contributed by atoms with van der Waals surface area (Å²) >= 11 is 0. The number of non-ortho nitro benzene ring substituents is 2. The summed E-state index contributed by atoms with van der Waals surface area (Å²) in [6.07, 6.45) is 0. The van der Waals surface area contributed by atoms with E-state index in [1.807, 2.05) is 13.8 Å². The number of piperidine rings is 1. The van der Waals surface area contributed by atoms with Crippen LogP contribution in [-0.4, -0.2) is 20.8 Å². The molecule has 1 aliphatic heterocycles. The van der Waals surface area contributed by atoms with Crippen LogP contribution in [0.5, 0.6) is 0 Å². The average Bonchev–Trinajstić information content (AvgIpc) is 2.69. The number of nitrogens with zero attached hydrogens (tertiary/aromatic N) is 3. The second-order valence-corrected chi connectivity index (χ2v) is 6.92. The van der Waals surface area contributed by atoms with Crippen molar-refractivity contribution in [1.29, 1.82) is 0 Å². The van der Waals surface area contributed by atoms with Crippen molar-refractivity contribution in [3.8, 4) is 0 Å². The molecule has 0 aromatic heterocycles. The van der Waals surface area contributed by atoms with Gasteiger partial charge in [-0.15, -0.1) is 0 Å². The molecule has 0 amide bonds. The van der Waals surface area contributed by atoms with E-state index in [0.717, 1.165) is 11.1 Å². The first-order chi connectivity index (χ1) is 13.3. The molecule has 0 aliphatic carbocycles. The SMILES string of the molecule is CC1C(=NO)C(C)C(c2ccc([N+](=O)[O-])cc2)NC1c1ccc([N+](=O)[O-])cc1. The predicted octanol–water partition coefficient (Wildman–Crippen LogP) is 3.99. The highest BCUT2D eigenvalue weighted by atomic mass is 16.6. The van der Waals surface area contributed by atoms with Crippen LogP contribution < -0.4 is 5.32 Å². The summed E-state index contributed by atoms with van der Waals surface area (Å²) in [7, 11) is 0. The van der Waals surface area contributed by atoms with Gasteiger partial charge in [0.1, 0.15) is 0 Å². The Bertz CT molecular complexity index is 839. The number of nitro benzene ring substituents is 2. The van der Waals surface area contributed by atoms with Crippen LogP contribution in [0.4, 0.5) is 11.4 Å². The van der Waals surface area contributed by atoms with Gasteiger partial charge in [0.05, 0.1) is 15.6 Å². The van der Waals surface area contributed by atoms with Gasteiger partial charge >= 0.3 is 0 Å². The fourth-order valence-corrected chi connectivity index (χ4v) is 3.80. The molecular formula is C19H20N4O5. The van der Waals surface area contributed by atoms with E-state index in [2.05, 4.69) is 10.5 Å². The van der Waals surface area contributed by atoms with E-state index in [1.54, 1.807) is 24.3 Å². The standard InChI is InChI=1S/C19H20N4O5/c1-11-17(21-24)12(2)19(14-5-9-16(10-6-14)23(27)28)20-18(11)13-3-7-15(8-4-13)22(25)26/h3-12,18-20,24H,1-2H3. The molecule has 146 valence electrons. The molecule has 2 aromatic carbocycles. The Kier molecular flexibility index (Phi) is 5.36. The van der Waals surface area contributed by atoms with E-state index in [1.165, 1.54) is 24.3 Å². The zero-order valence-corrected chi connectivity index (χ0v) is 15.4. The van der Waals surface area contributed by atoms with Crippen LogP contribution in [0.3, 0.4) is 0 Å². The number of hydrogen-bond donors (Lipinski definition) is 2. The lowest BCUT2D eigenvalue weighted by Gasteiger charge is -2.41. The fourth-order valence-electron chi connectivity index (χ4n) is 3.80. The zero-order chi connectivity index (χ0) is 20.4. The molecule has 9 nitrogen and oxygen atoms in total. The maximum absolute atomic E-state index is 10.9. The highest BCUT2D eigenvalue weighted by Gasteiger charge is 2.39. The molecule has 9 heteroatoms. The Morgan fingerprint density at radius 2 is 1.18 bits per heavy atom. The van der Waals surface area contributed by atoms with Crippen LogP contribution in [0.25, 0.3) is 0 Å². The monoisotopic (exact) mass is 384 g/mol. The van der Waals surface area contributed by atoms with Crippen LogP contribution >= 0.6 is 0 Å². The topological polar surface area (TPSA) is 131 Å². The molecule has 1 heterocycles. The Hall–Kier alpha value is -3.33. The van der Waals surface area contributed by atoms with Gasteiger partial charge in [-0.3, -0.25) is 20.2 Å². The summed E-state index contributed by atoms with van der Waals surface area (Å²) in [6.45, 7) is 3.85. The van der Waals surface area contributed by atoms with Crippen molar-refractivity contribution in [3.05, 3.63) is 79.9 Å². The van der Waals surface area contributed by atoms with E-state index in [4.69, 9.17) is 0 Å². The molecule has 0 bridgehead atoms. The molecule has 28 heavy (non-hydrogen) atoms. The Balaban J connectivity index is 1.95. The van der Waals surface area contributed by atoms with Gasteiger partial charge in [-0.2, -0.15) is 0 Å². The van der Waals surface area contributed by atoms with Crippen molar-refractivity contribution >= 4 is 17.1 Å². The van der Waals surface area contributed by atoms with Crippen LogP contribution in [0.15, 0.2) is 53.7 Å². The fraction of sp³-hybridized carbons (Fsp3) is 0.316. The quantitative estimate of drug-likeness (QED) is 0.465. The summed E-state index contributed by atoms with van der Waals surface area (Å²) in [4.78, 5) is 20.9. The second kappa shape index (κ2) is 7.73. The van der Waals surface area contributed by atoms with E-state index in [-0.39, 0.29) is 35.3 Å². The van der Waals surface area contributed by atoms with Crippen molar-refractivity contribution in [2.24, 2.45) is 17.0 Å². The number of hydrogen-bond acceptors (Lipinski definition) is 7. The molecule has 0 saturated carbocycles. The lowest BCUT2D eigenvalue weighted by Crippen LogP contribution is -2.46. The van der Waals surface area contributed by atoms with Crippen molar-refractivity contribution in [2.75, 3.05) is 0 Å². The number of nitrogens with one attached hydrogen (secondary N) is 1. The van der Waals surface area contributed by atoms with Gasteiger partial charge in [-0.1, -0.05) is 43.3 Å². The van der Waals surface area contributed by atoms with Gasteiger partial charge in [0.25, 0.3) is 11.4 Å². The summed E-state index contributed by atoms with van der Waals surface area (Å²) in [5.41, 5.74) is 2.27. The van der Waals surface area contributed by atoms with E-state index >= 15 is 0 Å². The molecule has 3 rings (SSSR count). The van der Waals surface area contributed by atoms with Crippen molar-refractivity contribution in [1.82, 2.24) is 5.32 Å². The van der Waals surface area contributed by atoms with Gasteiger partial charge in [-0.25, -0.2) is 0 Å². The van der Waals surface area contributed by atoms with E-state index < -0.39 is 9.85 Å². The van der Waals surface area contributed by atoms with Crippen molar-refractivity contribution < 1.29 is 15.1 Å². The highest BCUT2D eigenvalue weighted by Crippen LogP contribution is 2.39. The Morgan fingerprint density at radius 3 is 1.46 bits per heavy atom. The smallest absolute Gasteiger partial charge is 0.269 e. The summed E-state index contributed by atoms with van der Waals surface area (Å²) in [6, 6.07) is 12.0. The minimum atomic E-state index is -0.454. The van der Waals surface area contributed by atoms with Gasteiger partial charge in [0.2, 0.25) is 0 Å². The lowest BCUT2D eigenvalue weighted by atomic mass is 9.75. The molecule has 4 unspecified atom stereocenters. The third-order valence-corrected chi connectivity index (χ3v) is 5.33. The minimum Gasteiger partial charge on any atom is -0.411 e. The molecule has 2 aromatic rings. The molecule has 2 N–H and O–H groups in total. The summed E-state index contributed by atoms with van der Waals surface area (Å²) < 4.78 is 0. The third kappa shape index (κ3) is 3.56. The Morgan fingerprint density at radius 1 is 0.821 bits per heavy atom. The number of benzene rings is 2. The second-order valence-electron chi connectivity index (χ2n) is 6.92. The molecule has 1 aliphatic rings. The maximum Gasteiger partial charge on any atom is 0.269 e. The lowest BCUT2D eigenvalue weighted by molar-refractivity contribution is -0.385. The van der Waals surface area contributed by atoms with Crippen LogP contribution in [0.2, 0.25) is 0 Å². The molecule has 4 atom stereocenters. The van der Waals surface area contributed by atoms with Gasteiger partial charge in [-0.05, 0) is 11.1 Å². The largest absolute Gasteiger partial charge is 0.411 e. The predicted molar refractivity (Wildman–Crippen MR) is 102 cm³/mol. The van der Waals surface area contributed by atoms with Gasteiger partial charge in [0.15, 0.2) is 0 Å². The van der Waals surface area contributed by atoms with Crippen LogP contribution in [-0.2, 0) is 0 Å². The molecular weight excluding hydrogens is 364 g/mol. The average molecular weight is 384 g/mol. The molecule has 0 radical (unpaired) electrons. The summed E-state index contributed by atoms with van der Waals surface area (Å²) in [5.74, 6) is -0.286. The van der Waals surface area contributed by atoms with Crippen molar-refractivity contribution in [3.63, 3.8) is 0 Å². The number of nitro groups is 2. The van der Waals surface area contributed by atoms with E-state index in [9.17, 15) is 25.4 Å². The van der Waals surface area contributed by atoms with E-state index in [0.29, 0.717) is 5.71 Å². The van der Waals surface area contributed by atoms with Crippen LogP contribution in [0.1, 0.15) is 37.1 Å². The summed E-state index contributed by atoms with van der Waals surface area (Å²) in [5, 5.41) is 38.4. The zero-order valence-electron chi connectivity index (χ0n) is 15.4. The van der Waals surface area contributed by atoms with Crippen molar-refractivity contribution in [2.45, 2.75) is 25.9 Å². The Labute approximate surface area is 161 Å².